The van der Waals surface area contributed by atoms with Crippen LogP contribution >= 0.6 is 15.9 Å². The Balaban J connectivity index is 2.06. The molecule has 1 N–H and O–H groups in total. The Morgan fingerprint density at radius 1 is 1.58 bits per heavy atom. The van der Waals surface area contributed by atoms with Crippen LogP contribution < -0.4 is 0 Å². The van der Waals surface area contributed by atoms with Gasteiger partial charge in [0.05, 0.1) is 12.1 Å². The van der Waals surface area contributed by atoms with E-state index in [1.54, 1.807) is 6.92 Å². The number of nitrogens with zero attached hydrogens (tertiary/aromatic N) is 1. The van der Waals surface area contributed by atoms with E-state index in [-0.39, 0.29) is 11.9 Å². The van der Waals surface area contributed by atoms with E-state index in [1.165, 1.54) is 5.56 Å². The van der Waals surface area contributed by atoms with Gasteiger partial charge in [0, 0.05) is 17.4 Å². The maximum absolute atomic E-state index is 12.2. The molecule has 4 heteroatoms. The molecule has 2 rings (SSSR count). The van der Waals surface area contributed by atoms with Crippen molar-refractivity contribution in [3.05, 3.63) is 34.3 Å². The van der Waals surface area contributed by atoms with Crippen molar-refractivity contribution in [1.82, 2.24) is 4.90 Å². The molecule has 0 aliphatic carbocycles. The Labute approximate surface area is 122 Å². The van der Waals surface area contributed by atoms with Crippen LogP contribution in [0.25, 0.3) is 0 Å². The molecule has 19 heavy (non-hydrogen) atoms. The maximum Gasteiger partial charge on any atom is 0.223 e. The van der Waals surface area contributed by atoms with Crippen LogP contribution in [0.3, 0.4) is 0 Å². The summed E-state index contributed by atoms with van der Waals surface area (Å²) in [6.45, 7) is 2.55. The fraction of sp³-hybridized carbons (Fsp3) is 0.533. The van der Waals surface area contributed by atoms with E-state index in [0.29, 0.717) is 12.8 Å². The molecule has 1 heterocycles. The van der Waals surface area contributed by atoms with Crippen LogP contribution in [-0.4, -0.2) is 28.6 Å². The largest absolute Gasteiger partial charge is 0.393 e. The number of aliphatic hydroxyl groups is 1. The molecule has 1 saturated heterocycles. The predicted molar refractivity (Wildman–Crippen MR) is 78.7 cm³/mol. The number of hydrogen-bond acceptors (Lipinski definition) is 2. The summed E-state index contributed by atoms with van der Waals surface area (Å²) in [5.41, 5.74) is 1.19. The minimum atomic E-state index is -0.407. The van der Waals surface area contributed by atoms with Crippen LogP contribution in [0.5, 0.6) is 0 Å². The van der Waals surface area contributed by atoms with Gasteiger partial charge in [-0.05, 0) is 43.9 Å². The highest BCUT2D eigenvalue weighted by Crippen LogP contribution is 2.33. The van der Waals surface area contributed by atoms with Crippen LogP contribution in [0.2, 0.25) is 0 Å². The van der Waals surface area contributed by atoms with Crippen molar-refractivity contribution in [3.8, 4) is 0 Å². The van der Waals surface area contributed by atoms with Gasteiger partial charge in [0.2, 0.25) is 5.91 Å². The molecule has 0 bridgehead atoms. The SMILES string of the molecule is CC(O)CCC(=O)N1CCCC1c1cccc(Br)c1. The van der Waals surface area contributed by atoms with E-state index in [2.05, 4.69) is 28.1 Å². The molecule has 1 aromatic rings. The zero-order chi connectivity index (χ0) is 13.8. The molecule has 1 aliphatic heterocycles. The van der Waals surface area contributed by atoms with Crippen molar-refractivity contribution >= 4 is 21.8 Å². The average Bonchev–Trinajstić information content (AvgIpc) is 2.85. The lowest BCUT2D eigenvalue weighted by Gasteiger charge is -2.25. The summed E-state index contributed by atoms with van der Waals surface area (Å²) in [5, 5.41) is 9.29. The van der Waals surface area contributed by atoms with E-state index < -0.39 is 6.10 Å². The molecular weight excluding hydrogens is 306 g/mol. The summed E-state index contributed by atoms with van der Waals surface area (Å²) in [6, 6.07) is 8.37. The number of benzene rings is 1. The molecule has 1 amide bonds. The zero-order valence-electron chi connectivity index (χ0n) is 11.2. The van der Waals surface area contributed by atoms with Crippen molar-refractivity contribution in [2.24, 2.45) is 0 Å². The average molecular weight is 326 g/mol. The number of likely N-dealkylation sites (tertiary alicyclic amines) is 1. The van der Waals surface area contributed by atoms with Gasteiger partial charge in [-0.25, -0.2) is 0 Å². The third kappa shape index (κ3) is 3.80. The second-order valence-corrected chi connectivity index (χ2v) is 6.10. The summed E-state index contributed by atoms with van der Waals surface area (Å²) in [7, 11) is 0. The predicted octanol–water partition coefficient (Wildman–Crippen LogP) is 3.27. The van der Waals surface area contributed by atoms with E-state index in [0.717, 1.165) is 23.9 Å². The molecule has 1 aliphatic rings. The maximum atomic E-state index is 12.2. The van der Waals surface area contributed by atoms with E-state index in [4.69, 9.17) is 0 Å². The summed E-state index contributed by atoms with van der Waals surface area (Å²) < 4.78 is 1.05. The minimum absolute atomic E-state index is 0.156. The number of halogens is 1. The number of aliphatic hydroxyl groups excluding tert-OH is 1. The van der Waals surface area contributed by atoms with E-state index in [1.807, 2.05) is 17.0 Å². The Kier molecular flexibility index (Phi) is 4.99. The van der Waals surface area contributed by atoms with Crippen LogP contribution in [0.1, 0.15) is 44.2 Å². The van der Waals surface area contributed by atoms with E-state index in [9.17, 15) is 9.90 Å². The van der Waals surface area contributed by atoms with Gasteiger partial charge in [-0.3, -0.25) is 4.79 Å². The number of rotatable bonds is 4. The molecule has 0 radical (unpaired) electrons. The lowest BCUT2D eigenvalue weighted by Crippen LogP contribution is -2.30. The standard InChI is InChI=1S/C15H20BrNO2/c1-11(18)7-8-15(19)17-9-3-6-14(17)12-4-2-5-13(16)10-12/h2,4-5,10-11,14,18H,3,6-9H2,1H3. The molecule has 2 atom stereocenters. The van der Waals surface area contributed by atoms with Gasteiger partial charge in [-0.1, -0.05) is 28.1 Å². The molecule has 1 fully saturated rings. The van der Waals surface area contributed by atoms with Gasteiger partial charge >= 0.3 is 0 Å². The monoisotopic (exact) mass is 325 g/mol. The molecule has 1 aromatic carbocycles. The molecule has 104 valence electrons. The van der Waals surface area contributed by atoms with Gasteiger partial charge in [-0.2, -0.15) is 0 Å². The summed E-state index contributed by atoms with van der Waals surface area (Å²) in [5.74, 6) is 0.156. The number of hydrogen-bond donors (Lipinski definition) is 1. The number of carbonyl (C=O) groups is 1. The summed E-state index contributed by atoms with van der Waals surface area (Å²) >= 11 is 3.48. The van der Waals surface area contributed by atoms with Crippen molar-refractivity contribution in [3.63, 3.8) is 0 Å². The molecular formula is C15H20BrNO2. The van der Waals surface area contributed by atoms with Crippen molar-refractivity contribution in [1.29, 1.82) is 0 Å². The van der Waals surface area contributed by atoms with Crippen molar-refractivity contribution in [2.75, 3.05) is 6.54 Å². The number of amides is 1. The fourth-order valence-electron chi connectivity index (χ4n) is 2.60. The van der Waals surface area contributed by atoms with Gasteiger partial charge in [-0.15, -0.1) is 0 Å². The van der Waals surface area contributed by atoms with Gasteiger partial charge in [0.25, 0.3) is 0 Å². The first kappa shape index (κ1) is 14.5. The minimum Gasteiger partial charge on any atom is -0.393 e. The quantitative estimate of drug-likeness (QED) is 0.922. The Hall–Kier alpha value is -0.870. The lowest BCUT2D eigenvalue weighted by molar-refractivity contribution is -0.132. The Morgan fingerprint density at radius 3 is 3.05 bits per heavy atom. The normalized spacial score (nSPS) is 20.6. The topological polar surface area (TPSA) is 40.5 Å². The third-order valence-electron chi connectivity index (χ3n) is 3.58. The highest BCUT2D eigenvalue weighted by atomic mass is 79.9. The zero-order valence-corrected chi connectivity index (χ0v) is 12.8. The highest BCUT2D eigenvalue weighted by molar-refractivity contribution is 9.10. The Morgan fingerprint density at radius 2 is 2.37 bits per heavy atom. The Bertz CT molecular complexity index is 448. The van der Waals surface area contributed by atoms with Crippen molar-refractivity contribution in [2.45, 2.75) is 44.8 Å². The molecule has 0 aromatic heterocycles. The van der Waals surface area contributed by atoms with Crippen LogP contribution in [-0.2, 0) is 4.79 Å². The van der Waals surface area contributed by atoms with Gasteiger partial charge < -0.3 is 10.0 Å². The summed E-state index contributed by atoms with van der Waals surface area (Å²) in [6.07, 6.45) is 2.65. The first-order chi connectivity index (χ1) is 9.08. The fourth-order valence-corrected chi connectivity index (χ4v) is 3.02. The smallest absolute Gasteiger partial charge is 0.223 e. The molecule has 0 spiro atoms. The third-order valence-corrected chi connectivity index (χ3v) is 4.08. The van der Waals surface area contributed by atoms with Gasteiger partial charge in [0.1, 0.15) is 0 Å². The highest BCUT2D eigenvalue weighted by Gasteiger charge is 2.29. The van der Waals surface area contributed by atoms with E-state index >= 15 is 0 Å². The first-order valence-corrected chi connectivity index (χ1v) is 7.60. The summed E-state index contributed by atoms with van der Waals surface area (Å²) in [4.78, 5) is 14.2. The lowest BCUT2D eigenvalue weighted by atomic mass is 10.0. The first-order valence-electron chi connectivity index (χ1n) is 6.81. The van der Waals surface area contributed by atoms with Gasteiger partial charge in [0.15, 0.2) is 0 Å². The number of carbonyl (C=O) groups excluding carboxylic acids is 1. The van der Waals surface area contributed by atoms with Crippen LogP contribution in [0.15, 0.2) is 28.7 Å². The van der Waals surface area contributed by atoms with Crippen LogP contribution in [0, 0.1) is 0 Å². The van der Waals surface area contributed by atoms with Crippen LogP contribution in [0.4, 0.5) is 0 Å². The molecule has 0 saturated carbocycles. The second-order valence-electron chi connectivity index (χ2n) is 5.19. The molecule has 3 nitrogen and oxygen atoms in total. The van der Waals surface area contributed by atoms with Crippen molar-refractivity contribution < 1.29 is 9.90 Å². The second kappa shape index (κ2) is 6.53. The molecule has 2 unspecified atom stereocenters.